The van der Waals surface area contributed by atoms with Gasteiger partial charge in [0.15, 0.2) is 0 Å². The Balaban J connectivity index is 1.85. The average molecular weight is 290 g/mol. The summed E-state index contributed by atoms with van der Waals surface area (Å²) in [5, 5.41) is 12.1. The molecule has 1 aromatic rings. The first kappa shape index (κ1) is 15.5. The molecular formula is C16H22N2O3. The van der Waals surface area contributed by atoms with Crippen LogP contribution in [0.3, 0.4) is 0 Å². The molecule has 2 rings (SSSR count). The van der Waals surface area contributed by atoms with Crippen molar-refractivity contribution in [2.75, 3.05) is 25.0 Å². The number of carbonyl (C=O) groups excluding carboxylic acids is 1. The molecule has 1 aliphatic heterocycles. The standard InChI is InChI=1S/C16H22N2O3/c1-12-5-3-4-6-13(12)17-14(19)11-18-9-7-16(2,8-10-18)15(20)21/h3-6H,7-11H2,1-2H3,(H,17,19)(H,20,21). The number of hydrogen-bond acceptors (Lipinski definition) is 3. The number of rotatable bonds is 4. The third kappa shape index (κ3) is 3.82. The molecule has 2 N–H and O–H groups in total. The summed E-state index contributed by atoms with van der Waals surface area (Å²) in [7, 11) is 0. The van der Waals surface area contributed by atoms with E-state index in [2.05, 4.69) is 5.32 Å². The number of nitrogens with one attached hydrogen (secondary N) is 1. The molecule has 1 saturated heterocycles. The predicted molar refractivity (Wildman–Crippen MR) is 81.2 cm³/mol. The summed E-state index contributed by atoms with van der Waals surface area (Å²) in [5.41, 5.74) is 1.21. The van der Waals surface area contributed by atoms with Crippen molar-refractivity contribution in [2.24, 2.45) is 5.41 Å². The molecule has 0 aromatic heterocycles. The molecule has 0 radical (unpaired) electrons. The maximum absolute atomic E-state index is 12.1. The first-order chi connectivity index (χ1) is 9.90. The lowest BCUT2D eigenvalue weighted by Crippen LogP contribution is -2.45. The second-order valence-corrected chi connectivity index (χ2v) is 6.01. The van der Waals surface area contributed by atoms with Crippen molar-refractivity contribution in [3.8, 4) is 0 Å². The highest BCUT2D eigenvalue weighted by Crippen LogP contribution is 2.30. The minimum absolute atomic E-state index is 0.0526. The first-order valence-corrected chi connectivity index (χ1v) is 7.22. The minimum Gasteiger partial charge on any atom is -0.481 e. The average Bonchev–Trinajstić information content (AvgIpc) is 2.44. The number of hydrogen-bond donors (Lipinski definition) is 2. The summed E-state index contributed by atoms with van der Waals surface area (Å²) in [6.07, 6.45) is 1.17. The van der Waals surface area contributed by atoms with Crippen molar-refractivity contribution in [1.29, 1.82) is 0 Å². The molecule has 1 fully saturated rings. The normalized spacial score (nSPS) is 18.2. The number of anilines is 1. The van der Waals surface area contributed by atoms with Crippen molar-refractivity contribution in [2.45, 2.75) is 26.7 Å². The Kier molecular flexibility index (Phi) is 4.63. The number of aryl methyl sites for hydroxylation is 1. The van der Waals surface area contributed by atoms with Crippen LogP contribution in [0.25, 0.3) is 0 Å². The van der Waals surface area contributed by atoms with Gasteiger partial charge in [0.05, 0.1) is 12.0 Å². The van der Waals surface area contributed by atoms with E-state index in [4.69, 9.17) is 0 Å². The Morgan fingerprint density at radius 1 is 1.29 bits per heavy atom. The van der Waals surface area contributed by atoms with Crippen LogP contribution in [-0.4, -0.2) is 41.5 Å². The summed E-state index contributed by atoms with van der Waals surface area (Å²) >= 11 is 0. The van der Waals surface area contributed by atoms with E-state index in [9.17, 15) is 14.7 Å². The van der Waals surface area contributed by atoms with E-state index in [-0.39, 0.29) is 5.91 Å². The second-order valence-electron chi connectivity index (χ2n) is 6.01. The number of benzene rings is 1. The second kappa shape index (κ2) is 6.26. The van der Waals surface area contributed by atoms with Crippen LogP contribution in [0.15, 0.2) is 24.3 Å². The van der Waals surface area contributed by atoms with Crippen molar-refractivity contribution in [1.82, 2.24) is 4.90 Å². The molecule has 5 heteroatoms. The summed E-state index contributed by atoms with van der Waals surface area (Å²) < 4.78 is 0. The zero-order valence-corrected chi connectivity index (χ0v) is 12.6. The molecule has 114 valence electrons. The predicted octanol–water partition coefficient (Wildman–Crippen LogP) is 2.12. The minimum atomic E-state index is -0.744. The van der Waals surface area contributed by atoms with Crippen molar-refractivity contribution < 1.29 is 14.7 Å². The van der Waals surface area contributed by atoms with Crippen LogP contribution in [0.1, 0.15) is 25.3 Å². The molecule has 1 aromatic carbocycles. The number of amides is 1. The van der Waals surface area contributed by atoms with Gasteiger partial charge >= 0.3 is 5.97 Å². The number of piperidine rings is 1. The molecule has 1 aliphatic rings. The highest BCUT2D eigenvalue weighted by atomic mass is 16.4. The van der Waals surface area contributed by atoms with Gasteiger partial charge in [-0.1, -0.05) is 18.2 Å². The van der Waals surface area contributed by atoms with Gasteiger partial charge in [-0.25, -0.2) is 0 Å². The number of likely N-dealkylation sites (tertiary alicyclic amines) is 1. The topological polar surface area (TPSA) is 69.6 Å². The monoisotopic (exact) mass is 290 g/mol. The van der Waals surface area contributed by atoms with Crippen LogP contribution in [0, 0.1) is 12.3 Å². The number of para-hydroxylation sites is 1. The van der Waals surface area contributed by atoms with Crippen molar-refractivity contribution >= 4 is 17.6 Å². The summed E-state index contributed by atoms with van der Waals surface area (Å²) in [6, 6.07) is 7.66. The molecule has 1 heterocycles. The van der Waals surface area contributed by atoms with E-state index in [1.807, 2.05) is 36.1 Å². The van der Waals surface area contributed by atoms with E-state index in [1.165, 1.54) is 0 Å². The Morgan fingerprint density at radius 3 is 2.48 bits per heavy atom. The zero-order chi connectivity index (χ0) is 15.5. The maximum Gasteiger partial charge on any atom is 0.309 e. The van der Waals surface area contributed by atoms with E-state index in [0.717, 1.165) is 11.3 Å². The highest BCUT2D eigenvalue weighted by molar-refractivity contribution is 5.92. The van der Waals surface area contributed by atoms with Crippen LogP contribution >= 0.6 is 0 Å². The van der Waals surface area contributed by atoms with Gasteiger partial charge in [0.25, 0.3) is 0 Å². The van der Waals surface area contributed by atoms with Crippen LogP contribution in [0.5, 0.6) is 0 Å². The van der Waals surface area contributed by atoms with Crippen LogP contribution < -0.4 is 5.32 Å². The van der Waals surface area contributed by atoms with Gasteiger partial charge in [0.2, 0.25) is 5.91 Å². The van der Waals surface area contributed by atoms with E-state index < -0.39 is 11.4 Å². The van der Waals surface area contributed by atoms with Gasteiger partial charge in [0, 0.05) is 5.69 Å². The van der Waals surface area contributed by atoms with Crippen molar-refractivity contribution in [3.05, 3.63) is 29.8 Å². The number of carboxylic acids is 1. The summed E-state index contributed by atoms with van der Waals surface area (Å²) in [4.78, 5) is 25.3. The lowest BCUT2D eigenvalue weighted by atomic mass is 9.80. The summed E-state index contributed by atoms with van der Waals surface area (Å²) in [5.74, 6) is -0.797. The van der Waals surface area contributed by atoms with Gasteiger partial charge in [-0.3, -0.25) is 14.5 Å². The van der Waals surface area contributed by atoms with Gasteiger partial charge in [0.1, 0.15) is 0 Å². The number of nitrogens with zero attached hydrogens (tertiary/aromatic N) is 1. The fourth-order valence-corrected chi connectivity index (χ4v) is 2.52. The molecule has 0 aliphatic carbocycles. The fraction of sp³-hybridized carbons (Fsp3) is 0.500. The zero-order valence-electron chi connectivity index (χ0n) is 12.6. The molecule has 1 amide bonds. The van der Waals surface area contributed by atoms with Gasteiger partial charge < -0.3 is 10.4 Å². The molecule has 5 nitrogen and oxygen atoms in total. The van der Waals surface area contributed by atoms with Gasteiger partial charge in [-0.05, 0) is 51.4 Å². The van der Waals surface area contributed by atoms with E-state index >= 15 is 0 Å². The van der Waals surface area contributed by atoms with Gasteiger partial charge in [-0.15, -0.1) is 0 Å². The lowest BCUT2D eigenvalue weighted by molar-refractivity contribution is -0.150. The maximum atomic E-state index is 12.1. The Bertz CT molecular complexity index is 534. The highest BCUT2D eigenvalue weighted by Gasteiger charge is 2.37. The van der Waals surface area contributed by atoms with Crippen LogP contribution in [0.2, 0.25) is 0 Å². The third-order valence-corrected chi connectivity index (χ3v) is 4.26. The van der Waals surface area contributed by atoms with Crippen LogP contribution in [-0.2, 0) is 9.59 Å². The van der Waals surface area contributed by atoms with E-state index in [1.54, 1.807) is 6.92 Å². The van der Waals surface area contributed by atoms with Gasteiger partial charge in [-0.2, -0.15) is 0 Å². The molecule has 0 spiro atoms. The lowest BCUT2D eigenvalue weighted by Gasteiger charge is -2.36. The van der Waals surface area contributed by atoms with Crippen molar-refractivity contribution in [3.63, 3.8) is 0 Å². The Hall–Kier alpha value is -1.88. The smallest absolute Gasteiger partial charge is 0.309 e. The SMILES string of the molecule is Cc1ccccc1NC(=O)CN1CCC(C)(C(=O)O)CC1. The molecule has 0 unspecified atom stereocenters. The molecule has 0 atom stereocenters. The fourth-order valence-electron chi connectivity index (χ4n) is 2.52. The Morgan fingerprint density at radius 2 is 1.90 bits per heavy atom. The Labute approximate surface area is 125 Å². The van der Waals surface area contributed by atoms with E-state index in [0.29, 0.717) is 32.5 Å². The third-order valence-electron chi connectivity index (χ3n) is 4.26. The quantitative estimate of drug-likeness (QED) is 0.891. The number of carbonyl (C=O) groups is 2. The molecule has 0 saturated carbocycles. The molecular weight excluding hydrogens is 268 g/mol. The first-order valence-electron chi connectivity index (χ1n) is 7.22. The molecule has 21 heavy (non-hydrogen) atoms. The van der Waals surface area contributed by atoms with Crippen LogP contribution in [0.4, 0.5) is 5.69 Å². The molecule has 0 bridgehead atoms. The summed E-state index contributed by atoms with van der Waals surface area (Å²) in [6.45, 7) is 5.33. The number of carboxylic acid groups (broad SMARTS) is 1. The number of aliphatic carboxylic acids is 1. The largest absolute Gasteiger partial charge is 0.481 e.